The number of fused-ring (bicyclic) bond motifs is 1. The number of aromatic nitrogens is 2. The summed E-state index contributed by atoms with van der Waals surface area (Å²) >= 11 is 7.39. The monoisotopic (exact) mass is 284 g/mol. The Labute approximate surface area is 114 Å². The van der Waals surface area contributed by atoms with E-state index >= 15 is 0 Å². The fourth-order valence-corrected chi connectivity index (χ4v) is 2.68. The van der Waals surface area contributed by atoms with Gasteiger partial charge in [0.1, 0.15) is 10.6 Å². The molecule has 2 rings (SSSR count). The van der Waals surface area contributed by atoms with Crippen molar-refractivity contribution in [3.8, 4) is 0 Å². The zero-order valence-electron chi connectivity index (χ0n) is 10.1. The molecular weight excluding hydrogens is 272 g/mol. The molecule has 96 valence electrons. The van der Waals surface area contributed by atoms with Gasteiger partial charge in [-0.25, -0.2) is 4.98 Å². The summed E-state index contributed by atoms with van der Waals surface area (Å²) in [5.74, 6) is 0.252. The first-order valence-electron chi connectivity index (χ1n) is 5.44. The summed E-state index contributed by atoms with van der Waals surface area (Å²) in [6, 6.07) is 2.01. The summed E-state index contributed by atoms with van der Waals surface area (Å²) < 4.78 is 0. The number of nitrogens with zero attached hydrogens (tertiary/aromatic N) is 3. The zero-order chi connectivity index (χ0) is 13.3. The third kappa shape index (κ3) is 2.54. The molecule has 2 aromatic rings. The molecular formula is C11H13ClN4OS. The van der Waals surface area contributed by atoms with Crippen LogP contribution in [0.3, 0.4) is 0 Å². The summed E-state index contributed by atoms with van der Waals surface area (Å²) in [6.45, 7) is 4.05. The minimum Gasteiger partial charge on any atom is -0.368 e. The number of nitrogens with two attached hydrogens (primary N) is 1. The lowest BCUT2D eigenvalue weighted by molar-refractivity contribution is -0.116. The van der Waals surface area contributed by atoms with Gasteiger partial charge in [-0.3, -0.25) is 4.79 Å². The van der Waals surface area contributed by atoms with E-state index in [4.69, 9.17) is 17.3 Å². The van der Waals surface area contributed by atoms with Gasteiger partial charge in [-0.05, 0) is 36.9 Å². The first kappa shape index (κ1) is 13.0. The van der Waals surface area contributed by atoms with E-state index in [2.05, 4.69) is 9.97 Å². The molecule has 0 fully saturated rings. The van der Waals surface area contributed by atoms with Gasteiger partial charge < -0.3 is 10.6 Å². The van der Waals surface area contributed by atoms with Crippen molar-refractivity contribution in [2.75, 3.05) is 11.4 Å². The predicted molar refractivity (Wildman–Crippen MR) is 74.1 cm³/mol. The number of carbonyl (C=O) groups excluding carboxylic acids is 1. The van der Waals surface area contributed by atoms with Crippen LogP contribution < -0.4 is 10.6 Å². The lowest BCUT2D eigenvalue weighted by Crippen LogP contribution is -2.39. The number of rotatable bonds is 4. The van der Waals surface area contributed by atoms with Crippen LogP contribution in [0.2, 0.25) is 5.28 Å². The second-order valence-corrected chi connectivity index (χ2v) is 5.38. The van der Waals surface area contributed by atoms with Gasteiger partial charge in [-0.2, -0.15) is 4.98 Å². The van der Waals surface area contributed by atoms with Crippen molar-refractivity contribution >= 4 is 44.9 Å². The molecule has 0 aromatic carbocycles. The molecule has 0 radical (unpaired) electrons. The largest absolute Gasteiger partial charge is 0.368 e. The number of thiophene rings is 1. The summed E-state index contributed by atoms with van der Waals surface area (Å²) in [5, 5.41) is 2.98. The maximum absolute atomic E-state index is 11.2. The van der Waals surface area contributed by atoms with Crippen LogP contribution in [-0.4, -0.2) is 28.5 Å². The van der Waals surface area contributed by atoms with Crippen molar-refractivity contribution in [1.29, 1.82) is 0 Å². The molecule has 0 saturated heterocycles. The molecule has 0 atom stereocenters. The van der Waals surface area contributed by atoms with E-state index < -0.39 is 5.91 Å². The van der Waals surface area contributed by atoms with Gasteiger partial charge in [0.2, 0.25) is 11.2 Å². The van der Waals surface area contributed by atoms with Crippen LogP contribution in [0.4, 0.5) is 5.82 Å². The molecule has 0 spiro atoms. The SMILES string of the molecule is CC(C)N(CC(N)=O)c1nc(Cl)nc2sccc12. The maximum Gasteiger partial charge on any atom is 0.237 e. The van der Waals surface area contributed by atoms with E-state index in [1.165, 1.54) is 11.3 Å². The fraction of sp³-hybridized carbons (Fsp3) is 0.364. The van der Waals surface area contributed by atoms with Crippen LogP contribution in [0.15, 0.2) is 11.4 Å². The second-order valence-electron chi connectivity index (χ2n) is 4.14. The normalized spacial score (nSPS) is 11.1. The summed E-state index contributed by atoms with van der Waals surface area (Å²) in [7, 11) is 0. The molecule has 0 bridgehead atoms. The first-order valence-corrected chi connectivity index (χ1v) is 6.70. The third-order valence-corrected chi connectivity index (χ3v) is 3.47. The number of anilines is 1. The second kappa shape index (κ2) is 5.07. The Morgan fingerprint density at radius 2 is 2.28 bits per heavy atom. The van der Waals surface area contributed by atoms with Crippen LogP contribution in [-0.2, 0) is 4.79 Å². The van der Waals surface area contributed by atoms with Gasteiger partial charge in [0.05, 0.1) is 11.9 Å². The Balaban J connectivity index is 2.55. The number of halogens is 1. The average molecular weight is 285 g/mol. The number of hydrogen-bond donors (Lipinski definition) is 1. The topological polar surface area (TPSA) is 72.1 Å². The molecule has 5 nitrogen and oxygen atoms in total. The molecule has 0 aliphatic carbocycles. The highest BCUT2D eigenvalue weighted by atomic mass is 35.5. The summed E-state index contributed by atoms with van der Waals surface area (Å²) in [4.78, 5) is 22.2. The average Bonchev–Trinajstić information content (AvgIpc) is 2.71. The van der Waals surface area contributed by atoms with E-state index in [9.17, 15) is 4.79 Å². The Morgan fingerprint density at radius 3 is 2.89 bits per heavy atom. The Morgan fingerprint density at radius 1 is 1.56 bits per heavy atom. The van der Waals surface area contributed by atoms with Gasteiger partial charge in [0.25, 0.3) is 0 Å². The lowest BCUT2D eigenvalue weighted by atomic mass is 10.2. The van der Waals surface area contributed by atoms with Gasteiger partial charge >= 0.3 is 0 Å². The Bertz CT molecular complexity index is 583. The molecule has 0 saturated carbocycles. The Hall–Kier alpha value is -1.40. The third-order valence-electron chi connectivity index (χ3n) is 2.50. The highest BCUT2D eigenvalue weighted by Crippen LogP contribution is 2.29. The van der Waals surface area contributed by atoms with Crippen LogP contribution in [0.1, 0.15) is 13.8 Å². The van der Waals surface area contributed by atoms with E-state index in [-0.39, 0.29) is 17.9 Å². The van der Waals surface area contributed by atoms with Crippen molar-refractivity contribution < 1.29 is 4.79 Å². The molecule has 18 heavy (non-hydrogen) atoms. The molecule has 2 heterocycles. The molecule has 0 aliphatic heterocycles. The maximum atomic E-state index is 11.2. The molecule has 7 heteroatoms. The fourth-order valence-electron chi connectivity index (χ4n) is 1.70. The van der Waals surface area contributed by atoms with E-state index in [0.717, 1.165) is 10.2 Å². The molecule has 1 amide bonds. The van der Waals surface area contributed by atoms with E-state index in [1.807, 2.05) is 30.2 Å². The number of amides is 1. The van der Waals surface area contributed by atoms with Crippen molar-refractivity contribution in [3.63, 3.8) is 0 Å². The quantitative estimate of drug-likeness (QED) is 0.872. The van der Waals surface area contributed by atoms with Crippen LogP contribution in [0.5, 0.6) is 0 Å². The zero-order valence-corrected chi connectivity index (χ0v) is 11.6. The lowest BCUT2D eigenvalue weighted by Gasteiger charge is -2.26. The minimum atomic E-state index is -0.401. The summed E-state index contributed by atoms with van der Waals surface area (Å²) in [6.07, 6.45) is 0. The van der Waals surface area contributed by atoms with Gasteiger partial charge in [0.15, 0.2) is 0 Å². The smallest absolute Gasteiger partial charge is 0.237 e. The van der Waals surface area contributed by atoms with Crippen LogP contribution in [0, 0.1) is 0 Å². The molecule has 0 aliphatic rings. The van der Waals surface area contributed by atoms with E-state index in [1.54, 1.807) is 0 Å². The van der Waals surface area contributed by atoms with Crippen molar-refractivity contribution in [1.82, 2.24) is 9.97 Å². The molecule has 2 aromatic heterocycles. The standard InChI is InChI=1S/C11H13ClN4OS/c1-6(2)16(5-8(13)17)9-7-3-4-18-10(7)15-11(12)14-9/h3-4,6H,5H2,1-2H3,(H2,13,17). The number of carbonyl (C=O) groups is 1. The van der Waals surface area contributed by atoms with Crippen LogP contribution in [0.25, 0.3) is 10.2 Å². The highest BCUT2D eigenvalue weighted by molar-refractivity contribution is 7.16. The molecule has 2 N–H and O–H groups in total. The van der Waals surface area contributed by atoms with Gasteiger partial charge in [-0.15, -0.1) is 11.3 Å². The van der Waals surface area contributed by atoms with Crippen molar-refractivity contribution in [2.45, 2.75) is 19.9 Å². The van der Waals surface area contributed by atoms with Gasteiger partial charge in [0, 0.05) is 6.04 Å². The van der Waals surface area contributed by atoms with Crippen LogP contribution >= 0.6 is 22.9 Å². The van der Waals surface area contributed by atoms with Gasteiger partial charge in [-0.1, -0.05) is 0 Å². The van der Waals surface area contributed by atoms with Crippen molar-refractivity contribution in [2.24, 2.45) is 5.73 Å². The van der Waals surface area contributed by atoms with Crippen molar-refractivity contribution in [3.05, 3.63) is 16.7 Å². The Kier molecular flexibility index (Phi) is 3.68. The number of primary amides is 1. The van der Waals surface area contributed by atoms with E-state index in [0.29, 0.717) is 5.82 Å². The summed E-state index contributed by atoms with van der Waals surface area (Å²) in [5.41, 5.74) is 5.27. The first-order chi connectivity index (χ1) is 8.49. The minimum absolute atomic E-state index is 0.0894. The highest BCUT2D eigenvalue weighted by Gasteiger charge is 2.19. The number of hydrogen-bond acceptors (Lipinski definition) is 5. The molecule has 0 unspecified atom stereocenters. The predicted octanol–water partition coefficient (Wildman–Crippen LogP) is 2.04.